The summed E-state index contributed by atoms with van der Waals surface area (Å²) in [7, 11) is -1.23. The van der Waals surface area contributed by atoms with Gasteiger partial charge in [0.05, 0.1) is 13.7 Å². The predicted molar refractivity (Wildman–Crippen MR) is 181 cm³/mol. The van der Waals surface area contributed by atoms with Crippen LogP contribution in [0.25, 0.3) is 44.5 Å². The van der Waals surface area contributed by atoms with Crippen molar-refractivity contribution >= 4 is 35.2 Å². The second-order valence-electron chi connectivity index (χ2n) is 11.6. The maximum Gasteiger partial charge on any atom is 0.120 e. The number of benzene rings is 4. The van der Waals surface area contributed by atoms with Crippen molar-refractivity contribution in [2.75, 3.05) is 0 Å². The van der Waals surface area contributed by atoms with Crippen LogP contribution in [-0.2, 0) is 26.5 Å². The number of fused-ring (bicyclic) bond motifs is 3. The molecule has 5 heteroatoms. The molecule has 0 N–H and O–H groups in total. The summed E-state index contributed by atoms with van der Waals surface area (Å²) in [5.74, 6) is 0. The number of hydrogen-bond acceptors (Lipinski definition) is 3. The Hall–Kier alpha value is -4.15. The fourth-order valence-electron chi connectivity index (χ4n) is 4.88. The minimum Gasteiger partial charge on any atom is -0.501 e. The van der Waals surface area contributed by atoms with E-state index in [0.717, 1.165) is 38.7 Å². The molecule has 0 fully saturated rings. The SMILES string of the molecule is C[Si](C)(C)c1ccc(-c2[c-]cccc2)nc1.[2H]C([2H])(c1ccc(C)cc1)c1ccnc(-c2[c-]ccc3c2oc2ccccc23)c1.[Ir]. The Morgan fingerprint density at radius 1 is 0.750 bits per heavy atom. The second kappa shape index (κ2) is 13.6. The molecule has 0 unspecified atom stereocenters. The van der Waals surface area contributed by atoms with Crippen molar-refractivity contribution in [1.82, 2.24) is 9.97 Å². The maximum absolute atomic E-state index is 8.69. The van der Waals surface area contributed by atoms with Crippen LogP contribution < -0.4 is 5.19 Å². The molecule has 0 atom stereocenters. The summed E-state index contributed by atoms with van der Waals surface area (Å²) in [5.41, 5.74) is 7.24. The van der Waals surface area contributed by atoms with Gasteiger partial charge in [0, 0.05) is 40.6 Å². The van der Waals surface area contributed by atoms with Crippen molar-refractivity contribution in [2.45, 2.75) is 32.9 Å². The Kier molecular flexibility index (Phi) is 8.87. The molecule has 0 saturated carbocycles. The predicted octanol–water partition coefficient (Wildman–Crippen LogP) is 9.44. The Morgan fingerprint density at radius 2 is 1.55 bits per heavy atom. The van der Waals surface area contributed by atoms with Crippen LogP contribution in [0.2, 0.25) is 19.6 Å². The van der Waals surface area contributed by atoms with Gasteiger partial charge in [-0.15, -0.1) is 54.1 Å². The van der Waals surface area contributed by atoms with Gasteiger partial charge >= 0.3 is 0 Å². The van der Waals surface area contributed by atoms with Crippen molar-refractivity contribution in [3.05, 3.63) is 150 Å². The largest absolute Gasteiger partial charge is 0.501 e. The van der Waals surface area contributed by atoms with Crippen LogP contribution in [0.1, 0.15) is 19.4 Å². The number of para-hydroxylation sites is 1. The van der Waals surface area contributed by atoms with Crippen LogP contribution in [0.4, 0.5) is 0 Å². The molecule has 0 bridgehead atoms. The number of nitrogens with zero attached hydrogens (tertiary/aromatic N) is 2. The molecular formula is C39H34IrN2OSi-2. The zero-order chi connectivity index (χ0) is 31.6. The summed E-state index contributed by atoms with van der Waals surface area (Å²) in [5, 5.41) is 3.44. The number of pyridine rings is 2. The number of aryl methyl sites for hydroxylation is 1. The molecule has 7 aromatic rings. The van der Waals surface area contributed by atoms with Crippen LogP contribution in [-0.4, -0.2) is 18.0 Å². The molecule has 4 aromatic carbocycles. The second-order valence-corrected chi connectivity index (χ2v) is 16.7. The zero-order valence-corrected chi connectivity index (χ0v) is 28.6. The molecule has 221 valence electrons. The van der Waals surface area contributed by atoms with Crippen LogP contribution in [0.15, 0.2) is 126 Å². The summed E-state index contributed by atoms with van der Waals surface area (Å²) in [6.45, 7) is 8.99. The van der Waals surface area contributed by atoms with E-state index in [0.29, 0.717) is 22.4 Å². The molecule has 0 saturated heterocycles. The molecule has 7 rings (SSSR count). The smallest absolute Gasteiger partial charge is 0.120 e. The van der Waals surface area contributed by atoms with Gasteiger partial charge in [-0.25, -0.2) is 0 Å². The van der Waals surface area contributed by atoms with Gasteiger partial charge in [0.1, 0.15) is 5.58 Å². The van der Waals surface area contributed by atoms with Crippen LogP contribution in [0.3, 0.4) is 0 Å². The van der Waals surface area contributed by atoms with Crippen molar-refractivity contribution in [2.24, 2.45) is 0 Å². The van der Waals surface area contributed by atoms with Gasteiger partial charge in [-0.3, -0.25) is 0 Å². The number of aromatic nitrogens is 2. The molecule has 3 heterocycles. The summed E-state index contributed by atoms with van der Waals surface area (Å²) in [6.07, 6.45) is 2.03. The quantitative estimate of drug-likeness (QED) is 0.130. The van der Waals surface area contributed by atoms with E-state index in [1.165, 1.54) is 5.19 Å². The van der Waals surface area contributed by atoms with Gasteiger partial charge in [0.15, 0.2) is 0 Å². The third kappa shape index (κ3) is 7.14. The third-order valence-electron chi connectivity index (χ3n) is 7.31. The van der Waals surface area contributed by atoms with Gasteiger partial charge in [0.25, 0.3) is 0 Å². The van der Waals surface area contributed by atoms with Crippen molar-refractivity contribution in [1.29, 1.82) is 0 Å². The van der Waals surface area contributed by atoms with Gasteiger partial charge < -0.3 is 14.4 Å². The monoisotopic (exact) mass is 769 g/mol. The average molecular weight is 769 g/mol. The minimum atomic E-state index is -1.63. The first-order valence-corrected chi connectivity index (χ1v) is 17.9. The molecule has 0 aliphatic heterocycles. The molecule has 0 spiro atoms. The van der Waals surface area contributed by atoms with Crippen molar-refractivity contribution in [3.8, 4) is 22.5 Å². The first-order chi connectivity index (χ1) is 21.6. The molecule has 1 radical (unpaired) electrons. The summed E-state index contributed by atoms with van der Waals surface area (Å²) >= 11 is 0. The van der Waals surface area contributed by atoms with Gasteiger partial charge in [-0.2, -0.15) is 0 Å². The van der Waals surface area contributed by atoms with Crippen LogP contribution in [0, 0.1) is 19.1 Å². The Labute approximate surface area is 277 Å². The van der Waals surface area contributed by atoms with E-state index in [9.17, 15) is 0 Å². The maximum atomic E-state index is 8.69. The third-order valence-corrected chi connectivity index (χ3v) is 9.34. The number of furan rings is 1. The molecule has 0 aliphatic carbocycles. The Bertz CT molecular complexity index is 2070. The Balaban J connectivity index is 0.000000209. The topological polar surface area (TPSA) is 38.9 Å². The fraction of sp³-hybridized carbons (Fsp3) is 0.128. The first kappa shape index (κ1) is 28.6. The molecule has 0 aliphatic rings. The van der Waals surface area contributed by atoms with E-state index < -0.39 is 14.4 Å². The summed E-state index contributed by atoms with van der Waals surface area (Å²) in [4.78, 5) is 9.01. The van der Waals surface area contributed by atoms with E-state index >= 15 is 0 Å². The molecule has 44 heavy (non-hydrogen) atoms. The molecular weight excluding hydrogens is 733 g/mol. The van der Waals surface area contributed by atoms with E-state index in [1.54, 1.807) is 18.3 Å². The molecule has 0 amide bonds. The van der Waals surface area contributed by atoms with E-state index in [2.05, 4.69) is 53.9 Å². The average Bonchev–Trinajstić information content (AvgIpc) is 3.44. The van der Waals surface area contributed by atoms with Crippen molar-refractivity contribution in [3.63, 3.8) is 0 Å². The number of hydrogen-bond donors (Lipinski definition) is 0. The molecule has 3 nitrogen and oxygen atoms in total. The zero-order valence-electron chi connectivity index (χ0n) is 27.2. The van der Waals surface area contributed by atoms with Gasteiger partial charge in [-0.05, 0) is 53.1 Å². The standard InChI is InChI=1S/C25H18NO.C14H16NSi.Ir/c1-17-9-11-18(12-10-17)15-19-13-14-26-23(16-19)22-7-4-6-21-20-5-2-3-8-24(20)27-25(21)22;1-16(2,3)13-9-10-14(15-11-13)12-7-5-4-6-8-12;/h2-6,8-14,16H,15H2,1H3;4-7,9-11H,1-3H3;/q2*-1;/i15D2;;. The minimum absolute atomic E-state index is 0. The normalized spacial score (nSPS) is 12.1. The first-order valence-electron chi connectivity index (χ1n) is 15.4. The summed E-state index contributed by atoms with van der Waals surface area (Å²) < 4.78 is 23.5. The van der Waals surface area contributed by atoms with E-state index in [-0.39, 0.29) is 20.1 Å². The molecule has 3 aromatic heterocycles. The van der Waals surface area contributed by atoms with Gasteiger partial charge in [0.2, 0.25) is 0 Å². The van der Waals surface area contributed by atoms with Crippen LogP contribution >= 0.6 is 0 Å². The van der Waals surface area contributed by atoms with E-state index in [4.69, 9.17) is 7.16 Å². The van der Waals surface area contributed by atoms with Crippen LogP contribution in [0.5, 0.6) is 0 Å². The van der Waals surface area contributed by atoms with E-state index in [1.807, 2.05) is 98.0 Å². The Morgan fingerprint density at radius 3 is 2.27 bits per heavy atom. The summed E-state index contributed by atoms with van der Waals surface area (Å²) in [6, 6.07) is 41.5. The van der Waals surface area contributed by atoms with Crippen molar-refractivity contribution < 1.29 is 27.3 Å². The van der Waals surface area contributed by atoms with Gasteiger partial charge in [-0.1, -0.05) is 96.8 Å². The fourth-order valence-corrected chi connectivity index (χ4v) is 5.91. The number of rotatable bonds is 5.